The van der Waals surface area contributed by atoms with Crippen molar-refractivity contribution in [1.29, 1.82) is 0 Å². The number of carbonyl (C=O) groups is 2. The van der Waals surface area contributed by atoms with Crippen LogP contribution in [0.25, 0.3) is 0 Å². The molecule has 3 aromatic rings. The van der Waals surface area contributed by atoms with Gasteiger partial charge >= 0.3 is 12.2 Å². The van der Waals surface area contributed by atoms with E-state index in [1.54, 1.807) is 33.4 Å². The molecule has 1 N–H and O–H groups in total. The monoisotopic (exact) mass is 633 g/mol. The zero-order valence-corrected chi connectivity index (χ0v) is 25.5. The third-order valence-corrected chi connectivity index (χ3v) is 8.90. The van der Waals surface area contributed by atoms with Gasteiger partial charge in [0.15, 0.2) is 11.5 Å². The standard InChI is InChI=1S/C30H34F3N5O5S/c1-41-24-16-21(17-25(42-2)26(24)43-3)34-29(40)38-9-7-19(8-10-38)27-35-23(18-44-27)28(39)37-13-11-36(12-14-37)22-6-4-5-20(15-22)30(31,32)33/h4-6,15-19H,7-14H2,1-3H3,(H,34,40). The number of methoxy groups -OCH3 is 3. The lowest BCUT2D eigenvalue weighted by Crippen LogP contribution is -2.49. The van der Waals surface area contributed by atoms with Gasteiger partial charge in [-0.15, -0.1) is 11.3 Å². The van der Waals surface area contributed by atoms with Crippen LogP contribution < -0.4 is 24.4 Å². The van der Waals surface area contributed by atoms with Gasteiger partial charge in [0, 0.05) is 68.4 Å². The molecule has 44 heavy (non-hydrogen) atoms. The summed E-state index contributed by atoms with van der Waals surface area (Å²) >= 11 is 1.44. The molecule has 1 aromatic heterocycles. The van der Waals surface area contributed by atoms with Crippen molar-refractivity contribution in [3.05, 3.63) is 58.0 Å². The number of ether oxygens (including phenoxy) is 3. The average molecular weight is 634 g/mol. The van der Waals surface area contributed by atoms with E-state index >= 15 is 0 Å². The normalized spacial score (nSPS) is 16.1. The molecule has 3 amide bonds. The number of alkyl halides is 3. The van der Waals surface area contributed by atoms with Crippen LogP contribution in [0.15, 0.2) is 41.8 Å². The molecule has 2 aliphatic heterocycles. The third-order valence-electron chi connectivity index (χ3n) is 7.89. The molecule has 2 aromatic carbocycles. The van der Waals surface area contributed by atoms with Crippen LogP contribution in [0.2, 0.25) is 0 Å². The second-order valence-corrected chi connectivity index (χ2v) is 11.4. The minimum absolute atomic E-state index is 0.129. The number of aromatic nitrogens is 1. The molecule has 2 fully saturated rings. The van der Waals surface area contributed by atoms with Crippen molar-refractivity contribution in [3.63, 3.8) is 0 Å². The molecule has 236 valence electrons. The van der Waals surface area contributed by atoms with Gasteiger partial charge in [0.05, 0.1) is 37.6 Å². The summed E-state index contributed by atoms with van der Waals surface area (Å²) in [7, 11) is 4.53. The Balaban J connectivity index is 1.13. The summed E-state index contributed by atoms with van der Waals surface area (Å²) in [5.41, 5.74) is 0.699. The molecule has 2 saturated heterocycles. The minimum atomic E-state index is -4.40. The van der Waals surface area contributed by atoms with Crippen molar-refractivity contribution in [2.75, 3.05) is 70.8 Å². The lowest BCUT2D eigenvalue weighted by Gasteiger charge is -2.36. The average Bonchev–Trinajstić information content (AvgIpc) is 3.54. The van der Waals surface area contributed by atoms with E-state index in [-0.39, 0.29) is 17.9 Å². The first-order valence-electron chi connectivity index (χ1n) is 14.1. The molecule has 0 bridgehead atoms. The maximum atomic E-state index is 13.2. The van der Waals surface area contributed by atoms with E-state index in [0.29, 0.717) is 86.4 Å². The molecule has 0 spiro atoms. The predicted octanol–water partition coefficient (Wildman–Crippen LogP) is 5.56. The van der Waals surface area contributed by atoms with E-state index in [1.807, 2.05) is 4.90 Å². The van der Waals surface area contributed by atoms with Crippen molar-refractivity contribution in [1.82, 2.24) is 14.8 Å². The van der Waals surface area contributed by atoms with Gasteiger partial charge in [-0.1, -0.05) is 6.07 Å². The number of piperidine rings is 1. The first kappa shape index (κ1) is 31.2. The summed E-state index contributed by atoms with van der Waals surface area (Å²) in [6, 6.07) is 8.36. The van der Waals surface area contributed by atoms with Crippen LogP contribution in [-0.2, 0) is 6.18 Å². The number of nitrogens with one attached hydrogen (secondary N) is 1. The second kappa shape index (κ2) is 13.2. The van der Waals surface area contributed by atoms with E-state index in [1.165, 1.54) is 38.7 Å². The summed E-state index contributed by atoms with van der Waals surface area (Å²) in [6.07, 6.45) is -2.99. The van der Waals surface area contributed by atoms with Gasteiger partial charge in [-0.25, -0.2) is 9.78 Å². The van der Waals surface area contributed by atoms with Crippen LogP contribution in [0, 0.1) is 0 Å². The summed E-state index contributed by atoms with van der Waals surface area (Å²) in [5, 5.41) is 5.53. The number of benzene rings is 2. The van der Waals surface area contributed by atoms with Crippen LogP contribution in [0.4, 0.5) is 29.3 Å². The first-order chi connectivity index (χ1) is 21.1. The Hall–Kier alpha value is -4.20. The Kier molecular flexibility index (Phi) is 9.37. The third kappa shape index (κ3) is 6.79. The fourth-order valence-corrected chi connectivity index (χ4v) is 6.43. The van der Waals surface area contributed by atoms with Crippen LogP contribution in [0.1, 0.15) is 39.8 Å². The number of likely N-dealkylation sites (tertiary alicyclic amines) is 1. The van der Waals surface area contributed by atoms with Crippen LogP contribution >= 0.6 is 11.3 Å². The van der Waals surface area contributed by atoms with Gasteiger partial charge in [0.25, 0.3) is 5.91 Å². The number of thiazole rings is 1. The molecule has 10 nitrogen and oxygen atoms in total. The Labute approximate surface area is 257 Å². The first-order valence-corrected chi connectivity index (χ1v) is 15.0. The fraction of sp³-hybridized carbons (Fsp3) is 0.433. The Morgan fingerprint density at radius 2 is 1.57 bits per heavy atom. The van der Waals surface area contributed by atoms with Gasteiger partial charge in [0.2, 0.25) is 5.75 Å². The topological polar surface area (TPSA) is 96.5 Å². The maximum absolute atomic E-state index is 13.2. The summed E-state index contributed by atoms with van der Waals surface area (Å²) in [4.78, 5) is 36.1. The minimum Gasteiger partial charge on any atom is -0.493 e. The number of anilines is 2. The van der Waals surface area contributed by atoms with Gasteiger partial charge in [-0.05, 0) is 31.0 Å². The zero-order valence-electron chi connectivity index (χ0n) is 24.6. The molecule has 0 unspecified atom stereocenters. The number of carbonyl (C=O) groups excluding carboxylic acids is 2. The lowest BCUT2D eigenvalue weighted by atomic mass is 9.98. The van der Waals surface area contributed by atoms with Gasteiger partial charge in [-0.2, -0.15) is 13.2 Å². The van der Waals surface area contributed by atoms with Gasteiger partial charge in [-0.3, -0.25) is 4.79 Å². The molecule has 3 heterocycles. The smallest absolute Gasteiger partial charge is 0.416 e. The highest BCUT2D eigenvalue weighted by atomic mass is 32.1. The molecular formula is C30H34F3N5O5S. The second-order valence-electron chi connectivity index (χ2n) is 10.5. The van der Waals surface area contributed by atoms with Crippen molar-refractivity contribution < 1.29 is 37.0 Å². The van der Waals surface area contributed by atoms with Crippen LogP contribution in [-0.4, -0.2) is 87.3 Å². The Bertz CT molecular complexity index is 1460. The molecular weight excluding hydrogens is 599 g/mol. The molecule has 2 aliphatic rings. The lowest BCUT2D eigenvalue weighted by molar-refractivity contribution is -0.137. The van der Waals surface area contributed by atoms with Gasteiger partial charge < -0.3 is 34.2 Å². The van der Waals surface area contributed by atoms with Crippen LogP contribution in [0.3, 0.4) is 0 Å². The summed E-state index contributed by atoms with van der Waals surface area (Å²) < 4.78 is 55.4. The van der Waals surface area contributed by atoms with E-state index in [4.69, 9.17) is 14.2 Å². The highest BCUT2D eigenvalue weighted by Crippen LogP contribution is 2.40. The number of nitrogens with zero attached hydrogens (tertiary/aromatic N) is 4. The van der Waals surface area contributed by atoms with Crippen LogP contribution in [0.5, 0.6) is 17.2 Å². The molecule has 0 saturated carbocycles. The van der Waals surface area contributed by atoms with Crippen molar-refractivity contribution >= 4 is 34.6 Å². The predicted molar refractivity (Wildman–Crippen MR) is 160 cm³/mol. The van der Waals surface area contributed by atoms with Crippen molar-refractivity contribution in [3.8, 4) is 17.2 Å². The molecule has 0 aliphatic carbocycles. The number of urea groups is 1. The van der Waals surface area contributed by atoms with E-state index < -0.39 is 11.7 Å². The molecule has 0 atom stereocenters. The van der Waals surface area contributed by atoms with Crippen molar-refractivity contribution in [2.45, 2.75) is 24.9 Å². The quantitative estimate of drug-likeness (QED) is 0.364. The number of amides is 3. The molecule has 14 heteroatoms. The molecule has 0 radical (unpaired) electrons. The number of piperazine rings is 1. The van der Waals surface area contributed by atoms with Gasteiger partial charge in [0.1, 0.15) is 5.69 Å². The van der Waals surface area contributed by atoms with E-state index in [9.17, 15) is 22.8 Å². The van der Waals surface area contributed by atoms with E-state index in [0.717, 1.165) is 17.1 Å². The Morgan fingerprint density at radius 3 is 2.16 bits per heavy atom. The summed E-state index contributed by atoms with van der Waals surface area (Å²) in [5.74, 6) is 1.26. The number of rotatable bonds is 7. The number of hydrogen-bond acceptors (Lipinski definition) is 8. The highest BCUT2D eigenvalue weighted by molar-refractivity contribution is 7.09. The molecule has 5 rings (SSSR count). The highest BCUT2D eigenvalue weighted by Gasteiger charge is 2.32. The van der Waals surface area contributed by atoms with E-state index in [2.05, 4.69) is 10.3 Å². The Morgan fingerprint density at radius 1 is 0.909 bits per heavy atom. The van der Waals surface area contributed by atoms with Crippen molar-refractivity contribution in [2.24, 2.45) is 0 Å². The SMILES string of the molecule is COc1cc(NC(=O)N2CCC(c3nc(C(=O)N4CCN(c5cccc(C(F)(F)F)c5)CC4)cs3)CC2)cc(OC)c1OC. The maximum Gasteiger partial charge on any atom is 0.416 e. The number of hydrogen-bond donors (Lipinski definition) is 1. The largest absolute Gasteiger partial charge is 0.493 e. The summed E-state index contributed by atoms with van der Waals surface area (Å²) in [6.45, 7) is 2.70. The number of halogens is 3. The zero-order chi connectivity index (χ0) is 31.4. The fourth-order valence-electron chi connectivity index (χ4n) is 5.47.